The Hall–Kier alpha value is -2.84. The van der Waals surface area contributed by atoms with Crippen molar-refractivity contribution < 1.29 is 23.4 Å². The topological polar surface area (TPSA) is 69.4 Å². The third-order valence-electron chi connectivity index (χ3n) is 4.57. The van der Waals surface area contributed by atoms with E-state index in [9.17, 15) is 8.78 Å². The summed E-state index contributed by atoms with van der Waals surface area (Å²) < 4.78 is 40.2. The summed E-state index contributed by atoms with van der Waals surface area (Å²) in [6.07, 6.45) is 4.16. The molecule has 0 amide bonds. The van der Waals surface area contributed by atoms with Gasteiger partial charge in [-0.25, -0.2) is 4.68 Å². The van der Waals surface area contributed by atoms with Crippen molar-refractivity contribution in [1.82, 2.24) is 14.8 Å². The van der Waals surface area contributed by atoms with E-state index in [1.165, 1.54) is 18.2 Å². The predicted molar refractivity (Wildman–Crippen MR) is 96.8 cm³/mol. The minimum absolute atomic E-state index is 0.0490. The van der Waals surface area contributed by atoms with Crippen molar-refractivity contribution in [3.05, 3.63) is 66.0 Å². The average Bonchev–Trinajstić information content (AvgIpc) is 3.15. The van der Waals surface area contributed by atoms with E-state index in [0.717, 1.165) is 24.4 Å². The van der Waals surface area contributed by atoms with Crippen molar-refractivity contribution in [3.63, 3.8) is 0 Å². The summed E-state index contributed by atoms with van der Waals surface area (Å²) in [4.78, 5) is 4.41. The smallest absolute Gasteiger partial charge is 0.295 e. The molecule has 4 rings (SSSR count). The van der Waals surface area contributed by atoms with Gasteiger partial charge in [-0.15, -0.1) is 0 Å². The maximum absolute atomic E-state index is 13.6. The van der Waals surface area contributed by atoms with E-state index in [1.807, 2.05) is 12.1 Å². The van der Waals surface area contributed by atoms with Gasteiger partial charge in [0.25, 0.3) is 5.92 Å². The zero-order chi connectivity index (χ0) is 19.6. The third-order valence-corrected chi connectivity index (χ3v) is 4.57. The van der Waals surface area contributed by atoms with Gasteiger partial charge < -0.3 is 14.6 Å². The molecular weight excluding hydrogens is 368 g/mol. The highest BCUT2D eigenvalue weighted by Gasteiger charge is 2.30. The van der Waals surface area contributed by atoms with Crippen LogP contribution in [0, 0.1) is 0 Å². The second-order valence-corrected chi connectivity index (χ2v) is 6.51. The largest absolute Gasteiger partial charge is 0.487 e. The molecule has 0 saturated carbocycles. The second kappa shape index (κ2) is 7.65. The first-order valence-electron chi connectivity index (χ1n) is 8.89. The number of pyridine rings is 1. The van der Waals surface area contributed by atoms with Crippen LogP contribution < -0.4 is 4.74 Å². The van der Waals surface area contributed by atoms with Crippen LogP contribution in [-0.4, -0.2) is 33.1 Å². The van der Waals surface area contributed by atoms with Crippen molar-refractivity contribution in [1.29, 1.82) is 0 Å². The molecular formula is C20H19F2N3O3. The molecule has 146 valence electrons. The van der Waals surface area contributed by atoms with Crippen molar-refractivity contribution in [2.45, 2.75) is 25.2 Å². The minimum atomic E-state index is -3.27. The highest BCUT2D eigenvalue weighted by molar-refractivity contribution is 5.54. The van der Waals surface area contributed by atoms with E-state index in [-0.39, 0.29) is 18.4 Å². The third kappa shape index (κ3) is 3.74. The quantitative estimate of drug-likeness (QED) is 0.672. The average molecular weight is 387 g/mol. The number of aliphatic hydroxyl groups is 1. The van der Waals surface area contributed by atoms with E-state index in [4.69, 9.17) is 14.6 Å². The van der Waals surface area contributed by atoms with Gasteiger partial charge in [-0.05, 0) is 29.8 Å². The molecule has 0 aliphatic carbocycles. The van der Waals surface area contributed by atoms with E-state index >= 15 is 0 Å². The number of hydrogen-bond donors (Lipinski definition) is 1. The zero-order valence-corrected chi connectivity index (χ0v) is 15.0. The molecule has 28 heavy (non-hydrogen) atoms. The molecule has 1 fully saturated rings. The maximum Gasteiger partial charge on any atom is 0.295 e. The normalized spacial score (nSPS) is 16.6. The van der Waals surface area contributed by atoms with Crippen LogP contribution in [0.3, 0.4) is 0 Å². The van der Waals surface area contributed by atoms with Crippen LogP contribution in [0.25, 0.3) is 11.4 Å². The first-order chi connectivity index (χ1) is 13.6. The van der Waals surface area contributed by atoms with Gasteiger partial charge in [0.05, 0.1) is 24.2 Å². The summed E-state index contributed by atoms with van der Waals surface area (Å²) in [6.45, 7) is -0.384. The number of ether oxygens (including phenoxy) is 2. The molecule has 1 aliphatic rings. The van der Waals surface area contributed by atoms with Gasteiger partial charge in [0.15, 0.2) is 6.23 Å². The lowest BCUT2D eigenvalue weighted by molar-refractivity contribution is -0.105. The lowest BCUT2D eigenvalue weighted by atomic mass is 10.1. The van der Waals surface area contributed by atoms with E-state index in [1.54, 1.807) is 29.2 Å². The summed E-state index contributed by atoms with van der Waals surface area (Å²) >= 11 is 0. The first kappa shape index (κ1) is 18.5. The number of rotatable bonds is 7. The van der Waals surface area contributed by atoms with Gasteiger partial charge in [-0.2, -0.15) is 13.9 Å². The van der Waals surface area contributed by atoms with Crippen LogP contribution >= 0.6 is 0 Å². The molecule has 0 bridgehead atoms. The lowest BCUT2D eigenvalue weighted by Crippen LogP contribution is -2.26. The Kier molecular flexibility index (Phi) is 5.06. The first-order valence-corrected chi connectivity index (χ1v) is 8.89. The van der Waals surface area contributed by atoms with Crippen LogP contribution in [0.1, 0.15) is 23.8 Å². The summed E-state index contributed by atoms with van der Waals surface area (Å²) in [5.41, 5.74) is 1.94. The molecule has 1 atom stereocenters. The predicted octanol–water partition coefficient (Wildman–Crippen LogP) is 3.53. The van der Waals surface area contributed by atoms with Crippen LogP contribution in [0.4, 0.5) is 8.78 Å². The second-order valence-electron chi connectivity index (χ2n) is 6.51. The van der Waals surface area contributed by atoms with Crippen molar-refractivity contribution in [2.24, 2.45) is 0 Å². The summed E-state index contributed by atoms with van der Waals surface area (Å²) in [7, 11) is 0. The number of halogens is 2. The SMILES string of the molecule is OCC(F)(F)c1cccc(COc2ccc(-c3ccnn3C3CCO3)nc2)c1. The zero-order valence-electron chi connectivity index (χ0n) is 15.0. The fourth-order valence-corrected chi connectivity index (χ4v) is 2.93. The van der Waals surface area contributed by atoms with Gasteiger partial charge in [0.1, 0.15) is 19.0 Å². The maximum atomic E-state index is 13.6. The molecule has 8 heteroatoms. The minimum Gasteiger partial charge on any atom is -0.487 e. The van der Waals surface area contributed by atoms with Crippen molar-refractivity contribution >= 4 is 0 Å². The van der Waals surface area contributed by atoms with Gasteiger partial charge in [0, 0.05) is 18.2 Å². The highest BCUT2D eigenvalue weighted by Crippen LogP contribution is 2.29. The van der Waals surface area contributed by atoms with Gasteiger partial charge in [-0.3, -0.25) is 4.98 Å². The van der Waals surface area contributed by atoms with E-state index in [2.05, 4.69) is 10.1 Å². The summed E-state index contributed by atoms with van der Waals surface area (Å²) in [6, 6.07) is 11.3. The molecule has 3 heterocycles. The number of aromatic nitrogens is 3. The number of nitrogens with zero attached hydrogens (tertiary/aromatic N) is 3. The van der Waals surface area contributed by atoms with Gasteiger partial charge >= 0.3 is 0 Å². The van der Waals surface area contributed by atoms with Crippen LogP contribution in [-0.2, 0) is 17.3 Å². The molecule has 1 aliphatic heterocycles. The fourth-order valence-electron chi connectivity index (χ4n) is 2.93. The van der Waals surface area contributed by atoms with Gasteiger partial charge in [0.2, 0.25) is 0 Å². The molecule has 6 nitrogen and oxygen atoms in total. The Morgan fingerprint density at radius 1 is 1.25 bits per heavy atom. The molecule has 3 aromatic rings. The molecule has 0 radical (unpaired) electrons. The standard InChI is InChI=1S/C20H19F2N3O3/c21-20(22,13-26)15-3-1-2-14(10-15)12-28-16-4-5-17(23-11-16)18-6-8-24-25(18)19-7-9-27-19/h1-6,8,10-11,19,26H,7,9,12-13H2. The molecule has 1 aromatic carbocycles. The Morgan fingerprint density at radius 2 is 2.11 bits per heavy atom. The number of alkyl halides is 2. The van der Waals surface area contributed by atoms with Crippen LogP contribution in [0.2, 0.25) is 0 Å². The van der Waals surface area contributed by atoms with Crippen molar-refractivity contribution in [3.8, 4) is 17.1 Å². The Bertz CT molecular complexity index is 940. The summed E-state index contributed by atoms with van der Waals surface area (Å²) in [5, 5.41) is 13.1. The Morgan fingerprint density at radius 3 is 2.79 bits per heavy atom. The van der Waals surface area contributed by atoms with Crippen LogP contribution in [0.5, 0.6) is 5.75 Å². The monoisotopic (exact) mass is 387 g/mol. The van der Waals surface area contributed by atoms with E-state index < -0.39 is 12.5 Å². The summed E-state index contributed by atoms with van der Waals surface area (Å²) in [5.74, 6) is -2.75. The lowest BCUT2D eigenvalue weighted by Gasteiger charge is -2.27. The number of hydrogen-bond acceptors (Lipinski definition) is 5. The highest BCUT2D eigenvalue weighted by atomic mass is 19.3. The molecule has 1 unspecified atom stereocenters. The Balaban J connectivity index is 1.43. The molecule has 1 saturated heterocycles. The number of benzene rings is 1. The van der Waals surface area contributed by atoms with E-state index in [0.29, 0.717) is 11.3 Å². The van der Waals surface area contributed by atoms with Gasteiger partial charge in [-0.1, -0.05) is 18.2 Å². The Labute approximate surface area is 160 Å². The fraction of sp³-hybridized carbons (Fsp3) is 0.300. The molecule has 1 N–H and O–H groups in total. The number of aliphatic hydroxyl groups excluding tert-OH is 1. The molecule has 2 aromatic heterocycles. The van der Waals surface area contributed by atoms with Crippen molar-refractivity contribution in [2.75, 3.05) is 13.2 Å². The van der Waals surface area contributed by atoms with Crippen LogP contribution in [0.15, 0.2) is 54.9 Å². The molecule has 0 spiro atoms.